The molecule has 0 radical (unpaired) electrons. The molecule has 0 aromatic heterocycles. The predicted molar refractivity (Wildman–Crippen MR) is 138 cm³/mol. The second-order valence-electron chi connectivity index (χ2n) is 10.2. The van der Waals surface area contributed by atoms with Gasteiger partial charge in [-0.25, -0.2) is 4.79 Å². The zero-order chi connectivity index (χ0) is 22.4. The molecule has 1 heterocycles. The Hall–Kier alpha value is -1.52. The van der Waals surface area contributed by atoms with Crippen LogP contribution in [0.4, 0.5) is 5.69 Å². The highest BCUT2D eigenvalue weighted by atomic mass is 35.5. The maximum absolute atomic E-state index is 12.4. The number of unbranched alkanes of at least 4 members (excludes halogenated alkanes) is 1. The summed E-state index contributed by atoms with van der Waals surface area (Å²) in [4.78, 5) is 17.5. The summed E-state index contributed by atoms with van der Waals surface area (Å²) in [6.45, 7) is 17.1. The third-order valence-electron chi connectivity index (χ3n) is 7.03. The highest BCUT2D eigenvalue weighted by Gasteiger charge is 2.28. The van der Waals surface area contributed by atoms with E-state index in [1.807, 2.05) is 13.0 Å². The predicted octanol–water partition coefficient (Wildman–Crippen LogP) is 6.44. The number of hydrogen-bond donors (Lipinski definition) is 0. The van der Waals surface area contributed by atoms with Gasteiger partial charge in [0.1, 0.15) is 0 Å². The number of esters is 1. The number of anilines is 1. The molecule has 0 N–H and O–H groups in total. The number of hydrogen-bond acceptors (Lipinski definition) is 4. The van der Waals surface area contributed by atoms with Crippen molar-refractivity contribution in [2.24, 2.45) is 11.3 Å². The van der Waals surface area contributed by atoms with Gasteiger partial charge in [-0.1, -0.05) is 40.2 Å². The molecule has 1 atom stereocenters. The SMILES string of the molecule is CCCCN1CCN(c2ccc(C(=O)OCC)cc2C2=CCC(C(C)(C)C)CC2)CC1.Cl. The van der Waals surface area contributed by atoms with Crippen LogP contribution in [0.3, 0.4) is 0 Å². The van der Waals surface area contributed by atoms with Crippen LogP contribution in [0, 0.1) is 11.3 Å². The smallest absolute Gasteiger partial charge is 0.338 e. The van der Waals surface area contributed by atoms with Crippen LogP contribution in [0.5, 0.6) is 0 Å². The summed E-state index contributed by atoms with van der Waals surface area (Å²) in [5.41, 5.74) is 4.92. The molecule has 2 aliphatic rings. The third kappa shape index (κ3) is 6.74. The van der Waals surface area contributed by atoms with Gasteiger partial charge in [0.05, 0.1) is 12.2 Å². The van der Waals surface area contributed by atoms with Crippen molar-refractivity contribution in [3.8, 4) is 0 Å². The normalized spacial score (nSPS) is 19.8. The number of halogens is 1. The van der Waals surface area contributed by atoms with E-state index in [1.54, 1.807) is 0 Å². The molecule has 4 nitrogen and oxygen atoms in total. The standard InChI is InChI=1S/C27H42N2O2.ClH/c1-6-8-15-28-16-18-29(19-17-28)25-14-11-22(26(30)31-7-2)20-24(25)21-9-12-23(13-10-21)27(3,4)5;/h9,11,14,20,23H,6-8,10,12-13,15-19H2,1-5H3;1H. The van der Waals surface area contributed by atoms with Crippen LogP contribution in [0.15, 0.2) is 24.3 Å². The molecule has 0 spiro atoms. The van der Waals surface area contributed by atoms with Gasteiger partial charge in [-0.3, -0.25) is 4.90 Å². The van der Waals surface area contributed by atoms with Gasteiger partial charge in [-0.05, 0) is 74.3 Å². The van der Waals surface area contributed by atoms with Crippen molar-refractivity contribution < 1.29 is 9.53 Å². The van der Waals surface area contributed by atoms with E-state index >= 15 is 0 Å². The Labute approximate surface area is 201 Å². The van der Waals surface area contributed by atoms with Crippen molar-refractivity contribution in [2.45, 2.75) is 66.7 Å². The third-order valence-corrected chi connectivity index (χ3v) is 7.03. The number of carbonyl (C=O) groups excluding carboxylic acids is 1. The molecular formula is C27H43ClN2O2. The fourth-order valence-corrected chi connectivity index (χ4v) is 4.87. The zero-order valence-electron chi connectivity index (χ0n) is 20.8. The number of benzene rings is 1. The molecule has 0 bridgehead atoms. The van der Waals surface area contributed by atoms with Gasteiger partial charge in [0.2, 0.25) is 0 Å². The first kappa shape index (κ1) is 26.7. The minimum atomic E-state index is -0.219. The van der Waals surface area contributed by atoms with E-state index in [1.165, 1.54) is 42.6 Å². The number of carbonyl (C=O) groups is 1. The Morgan fingerprint density at radius 3 is 2.41 bits per heavy atom. The van der Waals surface area contributed by atoms with E-state index in [9.17, 15) is 4.79 Å². The van der Waals surface area contributed by atoms with Gasteiger partial charge in [0.25, 0.3) is 0 Å². The highest BCUT2D eigenvalue weighted by molar-refractivity contribution is 5.92. The molecule has 32 heavy (non-hydrogen) atoms. The maximum Gasteiger partial charge on any atom is 0.338 e. The Balaban J connectivity index is 0.00000363. The summed E-state index contributed by atoms with van der Waals surface area (Å²) >= 11 is 0. The summed E-state index contributed by atoms with van der Waals surface area (Å²) in [6.07, 6.45) is 8.38. The van der Waals surface area contributed by atoms with E-state index in [0.29, 0.717) is 17.6 Å². The van der Waals surface area contributed by atoms with Crippen LogP contribution in [0.25, 0.3) is 5.57 Å². The first-order chi connectivity index (χ1) is 14.8. The van der Waals surface area contributed by atoms with Crippen LogP contribution in [-0.4, -0.2) is 50.2 Å². The molecule has 3 rings (SSSR count). The number of ether oxygens (including phenoxy) is 1. The van der Waals surface area contributed by atoms with E-state index in [-0.39, 0.29) is 18.4 Å². The van der Waals surface area contributed by atoms with Crippen LogP contribution in [0.2, 0.25) is 0 Å². The largest absolute Gasteiger partial charge is 0.462 e. The van der Waals surface area contributed by atoms with Gasteiger partial charge in [-0.2, -0.15) is 0 Å². The molecule has 1 saturated heterocycles. The minimum absolute atomic E-state index is 0. The van der Waals surface area contributed by atoms with Crippen LogP contribution >= 0.6 is 12.4 Å². The van der Waals surface area contributed by atoms with Crippen LogP contribution < -0.4 is 4.90 Å². The quantitative estimate of drug-likeness (QED) is 0.436. The van der Waals surface area contributed by atoms with E-state index < -0.39 is 0 Å². The average Bonchev–Trinajstić information content (AvgIpc) is 2.77. The zero-order valence-corrected chi connectivity index (χ0v) is 21.6. The lowest BCUT2D eigenvalue weighted by Crippen LogP contribution is -2.46. The molecule has 0 amide bonds. The summed E-state index contributed by atoms with van der Waals surface area (Å²) in [6, 6.07) is 6.18. The summed E-state index contributed by atoms with van der Waals surface area (Å²) in [5.74, 6) is 0.499. The van der Waals surface area contributed by atoms with Crippen molar-refractivity contribution in [3.63, 3.8) is 0 Å². The fraction of sp³-hybridized carbons (Fsp3) is 0.667. The molecule has 1 aromatic carbocycles. The lowest BCUT2D eigenvalue weighted by atomic mass is 9.72. The van der Waals surface area contributed by atoms with Crippen molar-refractivity contribution in [1.82, 2.24) is 4.90 Å². The first-order valence-corrected chi connectivity index (χ1v) is 12.3. The molecule has 5 heteroatoms. The molecule has 0 saturated carbocycles. The molecule has 1 aromatic rings. The molecule has 1 aliphatic carbocycles. The number of allylic oxidation sites excluding steroid dienone is 2. The van der Waals surface area contributed by atoms with Gasteiger partial charge in [0, 0.05) is 37.4 Å². The molecule has 1 unspecified atom stereocenters. The molecular weight excluding hydrogens is 420 g/mol. The first-order valence-electron chi connectivity index (χ1n) is 12.3. The molecule has 1 aliphatic heterocycles. The number of nitrogens with zero attached hydrogens (tertiary/aromatic N) is 2. The minimum Gasteiger partial charge on any atom is -0.462 e. The van der Waals surface area contributed by atoms with Gasteiger partial charge >= 0.3 is 5.97 Å². The summed E-state index contributed by atoms with van der Waals surface area (Å²) in [7, 11) is 0. The summed E-state index contributed by atoms with van der Waals surface area (Å²) < 4.78 is 5.29. The van der Waals surface area contributed by atoms with Crippen molar-refractivity contribution >= 4 is 29.6 Å². The Morgan fingerprint density at radius 1 is 1.12 bits per heavy atom. The van der Waals surface area contributed by atoms with Crippen molar-refractivity contribution in [1.29, 1.82) is 0 Å². The van der Waals surface area contributed by atoms with Crippen LogP contribution in [0.1, 0.15) is 82.6 Å². The molecule has 180 valence electrons. The van der Waals surface area contributed by atoms with Gasteiger partial charge in [-0.15, -0.1) is 12.4 Å². The monoisotopic (exact) mass is 462 g/mol. The summed E-state index contributed by atoms with van der Waals surface area (Å²) in [5, 5.41) is 0. The van der Waals surface area contributed by atoms with Crippen molar-refractivity contribution in [3.05, 3.63) is 35.4 Å². The van der Waals surface area contributed by atoms with E-state index in [2.05, 4.69) is 55.7 Å². The number of rotatable bonds is 7. The lowest BCUT2D eigenvalue weighted by molar-refractivity contribution is 0.0526. The van der Waals surface area contributed by atoms with E-state index in [4.69, 9.17) is 4.74 Å². The van der Waals surface area contributed by atoms with Crippen molar-refractivity contribution in [2.75, 3.05) is 44.2 Å². The maximum atomic E-state index is 12.4. The Morgan fingerprint density at radius 2 is 1.84 bits per heavy atom. The lowest BCUT2D eigenvalue weighted by Gasteiger charge is -2.38. The highest BCUT2D eigenvalue weighted by Crippen LogP contribution is 2.42. The topological polar surface area (TPSA) is 32.8 Å². The second kappa shape index (κ2) is 12.1. The van der Waals surface area contributed by atoms with Gasteiger partial charge < -0.3 is 9.64 Å². The Bertz CT molecular complexity index is 776. The average molecular weight is 463 g/mol. The Kier molecular flexibility index (Phi) is 10.1. The number of piperazine rings is 1. The van der Waals surface area contributed by atoms with Crippen LogP contribution in [-0.2, 0) is 4.74 Å². The van der Waals surface area contributed by atoms with E-state index in [0.717, 1.165) is 44.9 Å². The van der Waals surface area contributed by atoms with Gasteiger partial charge in [0.15, 0.2) is 0 Å². The molecule has 1 fully saturated rings. The fourth-order valence-electron chi connectivity index (χ4n) is 4.87. The second-order valence-corrected chi connectivity index (χ2v) is 10.2.